The third-order valence-corrected chi connectivity index (χ3v) is 4.47. The number of imidazole rings is 1. The van der Waals surface area contributed by atoms with E-state index < -0.39 is 41.8 Å². The van der Waals surface area contributed by atoms with Gasteiger partial charge in [-0.25, -0.2) is 9.78 Å². The number of carbonyl (C=O) groups excluding carboxylic acids is 3. The monoisotopic (exact) mass is 396 g/mol. The number of hydrogen-bond donors (Lipinski definition) is 6. The summed E-state index contributed by atoms with van der Waals surface area (Å²) in [6, 6.07) is -3.22. The van der Waals surface area contributed by atoms with Gasteiger partial charge in [-0.3, -0.25) is 14.4 Å². The van der Waals surface area contributed by atoms with Crippen molar-refractivity contribution in [2.45, 2.75) is 57.7 Å². The number of carboxylic acid groups (broad SMARTS) is 1. The highest BCUT2D eigenvalue weighted by molar-refractivity contribution is 5.92. The van der Waals surface area contributed by atoms with E-state index in [0.717, 1.165) is 0 Å². The summed E-state index contributed by atoms with van der Waals surface area (Å²) in [4.78, 5) is 54.0. The number of rotatable bonds is 12. The highest BCUT2D eigenvalue weighted by atomic mass is 16.4. The van der Waals surface area contributed by atoms with E-state index in [-0.39, 0.29) is 25.2 Å². The number of amides is 3. The highest BCUT2D eigenvalue weighted by Gasteiger charge is 2.29. The van der Waals surface area contributed by atoms with Crippen LogP contribution in [0.15, 0.2) is 12.5 Å². The van der Waals surface area contributed by atoms with Crippen LogP contribution < -0.4 is 22.1 Å². The lowest BCUT2D eigenvalue weighted by Gasteiger charge is -2.24. The molecular weight excluding hydrogens is 368 g/mol. The second-order valence-electron chi connectivity index (χ2n) is 6.66. The molecule has 11 nitrogen and oxygen atoms in total. The second-order valence-corrected chi connectivity index (χ2v) is 6.66. The van der Waals surface area contributed by atoms with Crippen LogP contribution in [0.1, 0.15) is 38.8 Å². The van der Waals surface area contributed by atoms with Crippen LogP contribution >= 0.6 is 0 Å². The molecule has 4 atom stereocenters. The fraction of sp³-hybridized carbons (Fsp3) is 0.588. The van der Waals surface area contributed by atoms with E-state index >= 15 is 0 Å². The first-order chi connectivity index (χ1) is 13.1. The van der Waals surface area contributed by atoms with Gasteiger partial charge in [0.2, 0.25) is 17.7 Å². The van der Waals surface area contributed by atoms with Crippen molar-refractivity contribution in [1.82, 2.24) is 20.6 Å². The summed E-state index contributed by atoms with van der Waals surface area (Å²) in [6.07, 6.45) is 3.25. The van der Waals surface area contributed by atoms with Crippen molar-refractivity contribution in [1.29, 1.82) is 0 Å². The van der Waals surface area contributed by atoms with Gasteiger partial charge in [0.05, 0.1) is 12.4 Å². The number of nitrogens with one attached hydrogen (secondary N) is 3. The van der Waals surface area contributed by atoms with E-state index in [1.165, 1.54) is 12.5 Å². The van der Waals surface area contributed by atoms with Gasteiger partial charge in [-0.2, -0.15) is 0 Å². The molecule has 4 unspecified atom stereocenters. The number of carboxylic acids is 1. The molecule has 156 valence electrons. The predicted molar refractivity (Wildman–Crippen MR) is 99.6 cm³/mol. The summed E-state index contributed by atoms with van der Waals surface area (Å²) in [5.41, 5.74) is 11.5. The standard InChI is InChI=1S/C17H28N6O5/c1-3-9(2)14(19)16(26)22-11(4-5-13(18)24)15(25)23-12(17(27)28)6-10-7-20-8-21-10/h7-9,11-12,14H,3-6,19H2,1-2H3,(H2,18,24)(H,20,21)(H,22,26)(H,23,25)(H,27,28). The molecule has 0 aliphatic heterocycles. The third kappa shape index (κ3) is 7.35. The van der Waals surface area contributed by atoms with Gasteiger partial charge in [0.15, 0.2) is 0 Å². The Morgan fingerprint density at radius 3 is 2.36 bits per heavy atom. The van der Waals surface area contributed by atoms with Gasteiger partial charge in [-0.05, 0) is 12.3 Å². The summed E-state index contributed by atoms with van der Waals surface area (Å²) in [5.74, 6) is -3.31. The van der Waals surface area contributed by atoms with Crippen molar-refractivity contribution in [2.75, 3.05) is 0 Å². The quantitative estimate of drug-likeness (QED) is 0.251. The van der Waals surface area contributed by atoms with Gasteiger partial charge < -0.3 is 32.2 Å². The summed E-state index contributed by atoms with van der Waals surface area (Å²) < 4.78 is 0. The molecule has 0 aromatic carbocycles. The van der Waals surface area contributed by atoms with Gasteiger partial charge in [0.25, 0.3) is 0 Å². The predicted octanol–water partition coefficient (Wildman–Crippen LogP) is -1.35. The molecule has 0 aliphatic carbocycles. The van der Waals surface area contributed by atoms with Crippen molar-refractivity contribution >= 4 is 23.7 Å². The Morgan fingerprint density at radius 2 is 1.86 bits per heavy atom. The molecule has 0 saturated heterocycles. The highest BCUT2D eigenvalue weighted by Crippen LogP contribution is 2.07. The smallest absolute Gasteiger partial charge is 0.326 e. The van der Waals surface area contributed by atoms with E-state index in [4.69, 9.17) is 11.5 Å². The van der Waals surface area contributed by atoms with Crippen LogP contribution in [-0.4, -0.2) is 56.9 Å². The zero-order valence-corrected chi connectivity index (χ0v) is 16.0. The van der Waals surface area contributed by atoms with Crippen LogP contribution in [0.25, 0.3) is 0 Å². The molecule has 3 amide bonds. The van der Waals surface area contributed by atoms with Gasteiger partial charge in [-0.1, -0.05) is 20.3 Å². The Kier molecular flexibility index (Phi) is 9.09. The Balaban J connectivity index is 2.85. The van der Waals surface area contributed by atoms with Crippen molar-refractivity contribution in [2.24, 2.45) is 17.4 Å². The zero-order valence-electron chi connectivity index (χ0n) is 16.0. The lowest BCUT2D eigenvalue weighted by atomic mass is 9.98. The summed E-state index contributed by atoms with van der Waals surface area (Å²) >= 11 is 0. The topological polar surface area (TPSA) is 193 Å². The lowest BCUT2D eigenvalue weighted by Crippen LogP contribution is -2.56. The number of aromatic nitrogens is 2. The molecule has 0 saturated carbocycles. The maximum absolute atomic E-state index is 12.6. The Hall–Kier alpha value is -2.95. The molecule has 0 bridgehead atoms. The Morgan fingerprint density at radius 1 is 1.21 bits per heavy atom. The van der Waals surface area contributed by atoms with Crippen LogP contribution in [0.3, 0.4) is 0 Å². The first-order valence-corrected chi connectivity index (χ1v) is 9.00. The number of nitrogens with two attached hydrogens (primary N) is 2. The molecule has 1 heterocycles. The minimum Gasteiger partial charge on any atom is -0.480 e. The number of aromatic amines is 1. The number of aliphatic carboxylic acids is 1. The normalized spacial score (nSPS) is 15.1. The van der Waals surface area contributed by atoms with Gasteiger partial charge in [0, 0.05) is 24.7 Å². The largest absolute Gasteiger partial charge is 0.480 e. The summed E-state index contributed by atoms with van der Waals surface area (Å²) in [7, 11) is 0. The van der Waals surface area contributed by atoms with Crippen LogP contribution in [-0.2, 0) is 25.6 Å². The lowest BCUT2D eigenvalue weighted by molar-refractivity contribution is -0.142. The number of carbonyl (C=O) groups is 4. The average Bonchev–Trinajstić information content (AvgIpc) is 3.15. The Labute approximate surface area is 162 Å². The molecule has 28 heavy (non-hydrogen) atoms. The van der Waals surface area contributed by atoms with E-state index in [9.17, 15) is 24.3 Å². The first kappa shape index (κ1) is 23.1. The number of hydrogen-bond acceptors (Lipinski definition) is 6. The van der Waals surface area contributed by atoms with Crippen molar-refractivity contribution in [3.8, 4) is 0 Å². The first-order valence-electron chi connectivity index (χ1n) is 9.00. The summed E-state index contributed by atoms with van der Waals surface area (Å²) in [5, 5.41) is 14.2. The molecule has 1 rings (SSSR count). The molecular formula is C17H28N6O5. The van der Waals surface area contributed by atoms with E-state index in [1.54, 1.807) is 6.92 Å². The number of primary amides is 1. The van der Waals surface area contributed by atoms with Gasteiger partial charge >= 0.3 is 5.97 Å². The van der Waals surface area contributed by atoms with Crippen molar-refractivity contribution in [3.63, 3.8) is 0 Å². The SMILES string of the molecule is CCC(C)C(N)C(=O)NC(CCC(N)=O)C(=O)NC(Cc1cnc[nH]1)C(=O)O. The van der Waals surface area contributed by atoms with E-state index in [2.05, 4.69) is 20.6 Å². The molecule has 0 radical (unpaired) electrons. The molecule has 0 spiro atoms. The minimum atomic E-state index is -1.25. The molecule has 0 aliphatic rings. The van der Waals surface area contributed by atoms with Crippen LogP contribution in [0.5, 0.6) is 0 Å². The molecule has 11 heteroatoms. The average molecular weight is 396 g/mol. The molecule has 8 N–H and O–H groups in total. The second kappa shape index (κ2) is 11.0. The van der Waals surface area contributed by atoms with Crippen molar-refractivity contribution < 1.29 is 24.3 Å². The van der Waals surface area contributed by atoms with Crippen LogP contribution in [0.4, 0.5) is 0 Å². The van der Waals surface area contributed by atoms with Crippen LogP contribution in [0, 0.1) is 5.92 Å². The molecule has 0 fully saturated rings. The maximum atomic E-state index is 12.6. The fourth-order valence-corrected chi connectivity index (χ4v) is 2.42. The van der Waals surface area contributed by atoms with Crippen molar-refractivity contribution in [3.05, 3.63) is 18.2 Å². The van der Waals surface area contributed by atoms with E-state index in [1.807, 2.05) is 6.92 Å². The minimum absolute atomic E-state index is 0.0239. The van der Waals surface area contributed by atoms with Gasteiger partial charge in [-0.15, -0.1) is 0 Å². The van der Waals surface area contributed by atoms with E-state index in [0.29, 0.717) is 12.1 Å². The van der Waals surface area contributed by atoms with Gasteiger partial charge in [0.1, 0.15) is 12.1 Å². The Bertz CT molecular complexity index is 678. The maximum Gasteiger partial charge on any atom is 0.326 e. The zero-order chi connectivity index (χ0) is 21.3. The number of nitrogens with zero attached hydrogens (tertiary/aromatic N) is 1. The molecule has 1 aromatic rings. The third-order valence-electron chi connectivity index (χ3n) is 4.47. The van der Waals surface area contributed by atoms with Crippen LogP contribution in [0.2, 0.25) is 0 Å². The summed E-state index contributed by atoms with van der Waals surface area (Å²) in [6.45, 7) is 3.68. The molecule has 1 aromatic heterocycles. The fourth-order valence-electron chi connectivity index (χ4n) is 2.42. The number of H-pyrrole nitrogens is 1.